The molecular formula is C15H26N4. The second kappa shape index (κ2) is 6.87. The number of hydrogen-bond acceptors (Lipinski definition) is 4. The van der Waals surface area contributed by atoms with Gasteiger partial charge in [0.1, 0.15) is 5.82 Å². The number of anilines is 1. The van der Waals surface area contributed by atoms with Gasteiger partial charge in [0, 0.05) is 32.4 Å². The van der Waals surface area contributed by atoms with Crippen molar-refractivity contribution in [3.63, 3.8) is 0 Å². The van der Waals surface area contributed by atoms with Crippen molar-refractivity contribution in [2.24, 2.45) is 0 Å². The molecule has 1 N–H and O–H groups in total. The maximum atomic E-state index is 4.56. The molecule has 0 bridgehead atoms. The molecule has 1 unspecified atom stereocenters. The van der Waals surface area contributed by atoms with Gasteiger partial charge in [0.15, 0.2) is 0 Å². The molecule has 0 saturated carbocycles. The highest BCUT2D eigenvalue weighted by Gasteiger charge is 2.12. The van der Waals surface area contributed by atoms with E-state index in [-0.39, 0.29) is 0 Å². The highest BCUT2D eigenvalue weighted by molar-refractivity contribution is 5.38. The van der Waals surface area contributed by atoms with Gasteiger partial charge >= 0.3 is 0 Å². The fraction of sp³-hybridized carbons (Fsp3) is 0.667. The van der Waals surface area contributed by atoms with Crippen LogP contribution in [0.25, 0.3) is 0 Å². The minimum atomic E-state index is 0.358. The van der Waals surface area contributed by atoms with Gasteiger partial charge in [-0.1, -0.05) is 6.07 Å². The molecule has 0 amide bonds. The number of rotatable bonds is 6. The molecule has 1 aliphatic heterocycles. The summed E-state index contributed by atoms with van der Waals surface area (Å²) in [7, 11) is 4.10. The third-order valence-corrected chi connectivity index (χ3v) is 4.05. The molecule has 2 rings (SSSR count). The summed E-state index contributed by atoms with van der Waals surface area (Å²) >= 11 is 0. The van der Waals surface area contributed by atoms with E-state index in [1.54, 1.807) is 0 Å². The molecular weight excluding hydrogens is 236 g/mol. The number of likely N-dealkylation sites (tertiary alicyclic amines) is 1. The summed E-state index contributed by atoms with van der Waals surface area (Å²) in [4.78, 5) is 9.34. The van der Waals surface area contributed by atoms with Crippen molar-refractivity contribution in [3.8, 4) is 0 Å². The Hall–Kier alpha value is -1.13. The molecule has 1 aromatic heterocycles. The molecule has 1 atom stereocenters. The van der Waals surface area contributed by atoms with Gasteiger partial charge in [-0.15, -0.1) is 0 Å². The largest absolute Gasteiger partial charge is 0.358 e. The molecule has 0 aromatic carbocycles. The maximum absolute atomic E-state index is 4.56. The standard InChI is InChI=1S/C15H26N4/c1-13(16-2)14-6-7-15(17-12-14)18(3)10-11-19-8-4-5-9-19/h6-7,12-13,16H,4-5,8-11H2,1-3H3. The van der Waals surface area contributed by atoms with Crippen molar-refractivity contribution in [2.75, 3.05) is 45.2 Å². The topological polar surface area (TPSA) is 31.4 Å². The minimum Gasteiger partial charge on any atom is -0.358 e. The predicted molar refractivity (Wildman–Crippen MR) is 80.7 cm³/mol. The first-order chi connectivity index (χ1) is 9.20. The number of hydrogen-bond donors (Lipinski definition) is 1. The van der Waals surface area contributed by atoms with E-state index in [9.17, 15) is 0 Å². The molecule has 19 heavy (non-hydrogen) atoms. The molecule has 0 radical (unpaired) electrons. The van der Waals surface area contributed by atoms with Gasteiger partial charge in [0.25, 0.3) is 0 Å². The average molecular weight is 262 g/mol. The van der Waals surface area contributed by atoms with Gasteiger partial charge in [-0.25, -0.2) is 4.98 Å². The first kappa shape index (κ1) is 14.3. The molecule has 0 aliphatic carbocycles. The van der Waals surface area contributed by atoms with Gasteiger partial charge < -0.3 is 15.1 Å². The Balaban J connectivity index is 1.86. The molecule has 4 nitrogen and oxygen atoms in total. The monoisotopic (exact) mass is 262 g/mol. The van der Waals surface area contributed by atoms with Crippen LogP contribution in [0, 0.1) is 0 Å². The number of likely N-dealkylation sites (N-methyl/N-ethyl adjacent to an activating group) is 1. The minimum absolute atomic E-state index is 0.358. The summed E-state index contributed by atoms with van der Waals surface area (Å²) in [5.41, 5.74) is 1.24. The molecule has 106 valence electrons. The Labute approximate surface area is 116 Å². The second-order valence-corrected chi connectivity index (χ2v) is 5.43. The summed E-state index contributed by atoms with van der Waals surface area (Å²) in [6, 6.07) is 4.64. The van der Waals surface area contributed by atoms with Crippen LogP contribution >= 0.6 is 0 Å². The highest BCUT2D eigenvalue weighted by Crippen LogP contribution is 2.15. The van der Waals surface area contributed by atoms with Crippen molar-refractivity contribution >= 4 is 5.82 Å². The van der Waals surface area contributed by atoms with E-state index in [0.717, 1.165) is 18.9 Å². The third-order valence-electron chi connectivity index (χ3n) is 4.05. The lowest BCUT2D eigenvalue weighted by atomic mass is 10.1. The predicted octanol–water partition coefficient (Wildman–Crippen LogP) is 1.89. The number of nitrogens with zero attached hydrogens (tertiary/aromatic N) is 3. The quantitative estimate of drug-likeness (QED) is 0.848. The van der Waals surface area contributed by atoms with Gasteiger partial charge in [0.2, 0.25) is 0 Å². The lowest BCUT2D eigenvalue weighted by Crippen LogP contribution is -2.31. The Bertz CT molecular complexity index is 370. The Morgan fingerprint density at radius 1 is 1.37 bits per heavy atom. The summed E-state index contributed by atoms with van der Waals surface area (Å²) in [5, 5.41) is 3.23. The van der Waals surface area contributed by atoms with Gasteiger partial charge in [-0.3, -0.25) is 0 Å². The van der Waals surface area contributed by atoms with E-state index in [1.165, 1.54) is 31.5 Å². The summed E-state index contributed by atoms with van der Waals surface area (Å²) in [5.74, 6) is 1.06. The fourth-order valence-electron chi connectivity index (χ4n) is 2.46. The van der Waals surface area contributed by atoms with Crippen LogP contribution in [0.5, 0.6) is 0 Å². The maximum Gasteiger partial charge on any atom is 0.128 e. The zero-order valence-corrected chi connectivity index (χ0v) is 12.4. The molecule has 2 heterocycles. The SMILES string of the molecule is CNC(C)c1ccc(N(C)CCN2CCCC2)nc1. The molecule has 1 aliphatic rings. The molecule has 4 heteroatoms. The van der Waals surface area contributed by atoms with Crippen LogP contribution in [0.3, 0.4) is 0 Å². The Morgan fingerprint density at radius 2 is 2.11 bits per heavy atom. The van der Waals surface area contributed by atoms with Crippen LogP contribution in [0.15, 0.2) is 18.3 Å². The number of aromatic nitrogens is 1. The number of pyridine rings is 1. The molecule has 1 saturated heterocycles. The fourth-order valence-corrected chi connectivity index (χ4v) is 2.46. The molecule has 1 aromatic rings. The van der Waals surface area contributed by atoms with E-state index in [4.69, 9.17) is 0 Å². The zero-order chi connectivity index (χ0) is 13.7. The lowest BCUT2D eigenvalue weighted by molar-refractivity contribution is 0.346. The van der Waals surface area contributed by atoms with Crippen molar-refractivity contribution < 1.29 is 0 Å². The van der Waals surface area contributed by atoms with Gasteiger partial charge in [-0.05, 0) is 51.5 Å². The normalized spacial score (nSPS) is 17.6. The van der Waals surface area contributed by atoms with E-state index in [2.05, 4.69) is 46.2 Å². The van der Waals surface area contributed by atoms with Gasteiger partial charge in [-0.2, -0.15) is 0 Å². The van der Waals surface area contributed by atoms with E-state index < -0.39 is 0 Å². The van der Waals surface area contributed by atoms with Crippen LogP contribution in [-0.4, -0.2) is 50.2 Å². The van der Waals surface area contributed by atoms with Crippen molar-refractivity contribution in [1.82, 2.24) is 15.2 Å². The molecule has 1 fully saturated rings. The van der Waals surface area contributed by atoms with Crippen molar-refractivity contribution in [1.29, 1.82) is 0 Å². The Morgan fingerprint density at radius 3 is 2.68 bits per heavy atom. The Kier molecular flexibility index (Phi) is 5.16. The highest BCUT2D eigenvalue weighted by atomic mass is 15.2. The van der Waals surface area contributed by atoms with E-state index in [0.29, 0.717) is 6.04 Å². The van der Waals surface area contributed by atoms with Crippen LogP contribution in [0.4, 0.5) is 5.82 Å². The van der Waals surface area contributed by atoms with E-state index >= 15 is 0 Å². The first-order valence-corrected chi connectivity index (χ1v) is 7.27. The van der Waals surface area contributed by atoms with E-state index in [1.807, 2.05) is 13.2 Å². The van der Waals surface area contributed by atoms with Crippen LogP contribution in [0.1, 0.15) is 31.4 Å². The first-order valence-electron chi connectivity index (χ1n) is 7.27. The lowest BCUT2D eigenvalue weighted by Gasteiger charge is -2.22. The van der Waals surface area contributed by atoms with Crippen LogP contribution in [0.2, 0.25) is 0 Å². The van der Waals surface area contributed by atoms with Crippen LogP contribution < -0.4 is 10.2 Å². The van der Waals surface area contributed by atoms with Crippen molar-refractivity contribution in [3.05, 3.63) is 23.9 Å². The molecule has 0 spiro atoms. The van der Waals surface area contributed by atoms with Gasteiger partial charge in [0.05, 0.1) is 0 Å². The summed E-state index contributed by atoms with van der Waals surface area (Å²) in [6.07, 6.45) is 4.69. The van der Waals surface area contributed by atoms with Crippen LogP contribution in [-0.2, 0) is 0 Å². The average Bonchev–Trinajstić information content (AvgIpc) is 2.97. The summed E-state index contributed by atoms with van der Waals surface area (Å²) < 4.78 is 0. The number of nitrogens with one attached hydrogen (secondary N) is 1. The van der Waals surface area contributed by atoms with Crippen molar-refractivity contribution in [2.45, 2.75) is 25.8 Å². The third kappa shape index (κ3) is 3.91. The summed E-state index contributed by atoms with van der Waals surface area (Å²) in [6.45, 7) is 6.87. The smallest absolute Gasteiger partial charge is 0.128 e. The zero-order valence-electron chi connectivity index (χ0n) is 12.4. The second-order valence-electron chi connectivity index (χ2n) is 5.43.